The molecule has 5 rings (SSSR count). The fourth-order valence-corrected chi connectivity index (χ4v) is 8.07. The summed E-state index contributed by atoms with van der Waals surface area (Å²) in [6.45, 7) is 5.98. The fraction of sp³-hybridized carbons (Fsp3) is 0.459. The van der Waals surface area contributed by atoms with Crippen LogP contribution < -0.4 is 18.9 Å². The Bertz CT molecular complexity index is 2240. The zero-order valence-corrected chi connectivity index (χ0v) is 42.3. The predicted octanol–water partition coefficient (Wildman–Crippen LogP) is 18.5. The van der Waals surface area contributed by atoms with Crippen LogP contribution in [0.15, 0.2) is 137 Å². The predicted molar refractivity (Wildman–Crippen MR) is 287 cm³/mol. The van der Waals surface area contributed by atoms with Crippen molar-refractivity contribution in [3.63, 3.8) is 0 Å². The molecule has 0 saturated heterocycles. The molecule has 0 radical (unpaired) electrons. The monoisotopic (exact) mass is 950 g/mol. The largest absolute Gasteiger partial charge is 0.494 e. The van der Waals surface area contributed by atoms with Gasteiger partial charge in [0.05, 0.1) is 41.4 Å². The van der Waals surface area contributed by atoms with Crippen molar-refractivity contribution in [1.29, 1.82) is 0 Å². The first kappa shape index (κ1) is 54.8. The minimum absolute atomic E-state index is 0.218. The number of esters is 2. The van der Waals surface area contributed by atoms with Gasteiger partial charge in [-0.05, 0) is 134 Å². The highest BCUT2D eigenvalue weighted by Crippen LogP contribution is 2.25. The Hall–Kier alpha value is -6.09. The van der Waals surface area contributed by atoms with Gasteiger partial charge in [-0.2, -0.15) is 10.2 Å². The van der Waals surface area contributed by atoms with Gasteiger partial charge in [-0.15, -0.1) is 0 Å². The summed E-state index contributed by atoms with van der Waals surface area (Å²) >= 11 is 0. The minimum Gasteiger partial charge on any atom is -0.494 e. The standard InChI is InChI=1S/C61H79N3O6/c1-3-5-7-9-11-13-15-16-17-18-20-22-24-25-46-67-56-42-36-53(37-43-56)62-49-50-30-40-58(41-31-50)69-61(66)52-28-27-29-59(48-52)70-60(65)51-32-34-54(35-33-51)63-64-55-38-44-57(45-39-55)68-47-26-23-21-19-14-12-10-8-6-4-2/h27-45,48-49H,3-26,46-47H2,1-2H3. The van der Waals surface area contributed by atoms with E-state index in [-0.39, 0.29) is 11.3 Å². The number of azo groups is 1. The molecule has 0 bridgehead atoms. The second kappa shape index (κ2) is 34.2. The highest BCUT2D eigenvalue weighted by molar-refractivity contribution is 5.93. The maximum absolute atomic E-state index is 13.1. The van der Waals surface area contributed by atoms with E-state index in [1.807, 2.05) is 60.7 Å². The Kier molecular flexibility index (Phi) is 26.8. The van der Waals surface area contributed by atoms with Crippen molar-refractivity contribution >= 4 is 35.2 Å². The van der Waals surface area contributed by atoms with Gasteiger partial charge in [0.2, 0.25) is 0 Å². The van der Waals surface area contributed by atoms with E-state index >= 15 is 0 Å². The summed E-state index contributed by atoms with van der Waals surface area (Å²) in [5, 5.41) is 8.64. The van der Waals surface area contributed by atoms with Gasteiger partial charge in [-0.25, -0.2) is 9.59 Å². The van der Waals surface area contributed by atoms with E-state index in [1.54, 1.807) is 60.8 Å². The van der Waals surface area contributed by atoms with Gasteiger partial charge in [0, 0.05) is 6.21 Å². The molecule has 0 aromatic heterocycles. The summed E-state index contributed by atoms with van der Waals surface area (Å²) in [6.07, 6.45) is 33.5. The average Bonchev–Trinajstić information content (AvgIpc) is 3.39. The third kappa shape index (κ3) is 23.0. The molecule has 0 spiro atoms. The zero-order valence-electron chi connectivity index (χ0n) is 42.3. The molecule has 0 aliphatic carbocycles. The lowest BCUT2D eigenvalue weighted by Gasteiger charge is -2.08. The molecule has 9 heteroatoms. The van der Waals surface area contributed by atoms with E-state index < -0.39 is 11.9 Å². The van der Waals surface area contributed by atoms with Crippen LogP contribution in [0.4, 0.5) is 17.1 Å². The number of nitrogens with zero attached hydrogens (tertiary/aromatic N) is 3. The number of rotatable bonds is 36. The van der Waals surface area contributed by atoms with E-state index in [2.05, 4.69) is 29.1 Å². The molecular weight excluding hydrogens is 871 g/mol. The van der Waals surface area contributed by atoms with Crippen LogP contribution in [0.3, 0.4) is 0 Å². The first-order valence-corrected chi connectivity index (χ1v) is 26.6. The number of carbonyl (C=O) groups excluding carboxylic acids is 2. The molecule has 0 amide bonds. The average molecular weight is 950 g/mol. The fourth-order valence-electron chi connectivity index (χ4n) is 8.07. The van der Waals surface area contributed by atoms with Crippen molar-refractivity contribution in [2.75, 3.05) is 13.2 Å². The Morgan fingerprint density at radius 3 is 1.24 bits per heavy atom. The number of unbranched alkanes of at least 4 members (excludes halogenated alkanes) is 22. The molecule has 0 heterocycles. The van der Waals surface area contributed by atoms with E-state index in [1.165, 1.54) is 147 Å². The van der Waals surface area contributed by atoms with Crippen molar-refractivity contribution < 1.29 is 28.5 Å². The number of ether oxygens (including phenoxy) is 4. The van der Waals surface area contributed by atoms with E-state index in [9.17, 15) is 9.59 Å². The molecule has 0 unspecified atom stereocenters. The zero-order chi connectivity index (χ0) is 49.1. The lowest BCUT2D eigenvalue weighted by atomic mass is 10.0. The van der Waals surface area contributed by atoms with Gasteiger partial charge in [0.15, 0.2) is 0 Å². The highest BCUT2D eigenvalue weighted by Gasteiger charge is 2.13. The summed E-state index contributed by atoms with van der Waals surface area (Å²) in [5.74, 6) is 1.12. The van der Waals surface area contributed by atoms with Crippen molar-refractivity contribution in [2.24, 2.45) is 15.2 Å². The van der Waals surface area contributed by atoms with Gasteiger partial charge in [-0.3, -0.25) is 4.99 Å². The molecule has 70 heavy (non-hydrogen) atoms. The van der Waals surface area contributed by atoms with Crippen LogP contribution >= 0.6 is 0 Å². The Morgan fingerprint density at radius 1 is 0.386 bits per heavy atom. The summed E-state index contributed by atoms with van der Waals surface area (Å²) < 4.78 is 23.1. The molecule has 5 aromatic carbocycles. The molecular formula is C61H79N3O6. The van der Waals surface area contributed by atoms with Crippen LogP contribution in [0, 0.1) is 0 Å². The topological polar surface area (TPSA) is 108 Å². The maximum Gasteiger partial charge on any atom is 0.343 e. The second-order valence-electron chi connectivity index (χ2n) is 18.3. The van der Waals surface area contributed by atoms with Crippen molar-refractivity contribution in [2.45, 2.75) is 168 Å². The molecule has 0 saturated carbocycles. The SMILES string of the molecule is CCCCCCCCCCCCCCCCOc1ccc(N=Cc2ccc(OC(=O)c3cccc(OC(=O)c4ccc(N=Nc5ccc(OCCCCCCCCCCCC)cc5)cc4)c3)cc2)cc1. The molecule has 5 aromatic rings. The number of aliphatic imine (C=N–C) groups is 1. The van der Waals surface area contributed by atoms with E-state index in [4.69, 9.17) is 18.9 Å². The van der Waals surface area contributed by atoms with Crippen molar-refractivity contribution in [1.82, 2.24) is 0 Å². The lowest BCUT2D eigenvalue weighted by Crippen LogP contribution is -2.11. The van der Waals surface area contributed by atoms with Gasteiger partial charge in [-0.1, -0.05) is 161 Å². The summed E-state index contributed by atoms with van der Waals surface area (Å²) in [5.41, 5.74) is 3.53. The van der Waals surface area contributed by atoms with E-state index in [0.717, 1.165) is 42.2 Å². The van der Waals surface area contributed by atoms with Crippen molar-refractivity contribution in [3.8, 4) is 23.0 Å². The Labute approximate surface area is 419 Å². The first-order valence-electron chi connectivity index (χ1n) is 26.6. The Balaban J connectivity index is 0.941. The van der Waals surface area contributed by atoms with Gasteiger partial charge in [0.1, 0.15) is 23.0 Å². The van der Waals surface area contributed by atoms with Crippen molar-refractivity contribution in [3.05, 3.63) is 138 Å². The Morgan fingerprint density at radius 2 is 0.771 bits per heavy atom. The highest BCUT2D eigenvalue weighted by atomic mass is 16.5. The van der Waals surface area contributed by atoms with Crippen LogP contribution in [0.5, 0.6) is 23.0 Å². The lowest BCUT2D eigenvalue weighted by molar-refractivity contribution is 0.0714. The van der Waals surface area contributed by atoms with Crippen LogP contribution in [0.1, 0.15) is 194 Å². The summed E-state index contributed by atoms with van der Waals surface area (Å²) in [4.78, 5) is 30.7. The molecule has 0 atom stereocenters. The second-order valence-corrected chi connectivity index (χ2v) is 18.3. The summed E-state index contributed by atoms with van der Waals surface area (Å²) in [6, 6.07) is 35.4. The minimum atomic E-state index is -0.577. The molecule has 374 valence electrons. The van der Waals surface area contributed by atoms with Gasteiger partial charge in [0.25, 0.3) is 0 Å². The van der Waals surface area contributed by atoms with Gasteiger partial charge >= 0.3 is 11.9 Å². The smallest absolute Gasteiger partial charge is 0.343 e. The quantitative estimate of drug-likeness (QED) is 0.0130. The molecule has 0 aliphatic heterocycles. The van der Waals surface area contributed by atoms with Crippen LogP contribution in [-0.4, -0.2) is 31.4 Å². The molecule has 9 nitrogen and oxygen atoms in total. The third-order valence-electron chi connectivity index (χ3n) is 12.3. The molecule has 0 fully saturated rings. The number of benzene rings is 5. The van der Waals surface area contributed by atoms with E-state index in [0.29, 0.717) is 29.3 Å². The third-order valence-corrected chi connectivity index (χ3v) is 12.3. The van der Waals surface area contributed by atoms with Gasteiger partial charge < -0.3 is 18.9 Å². The first-order chi connectivity index (χ1) is 34.5. The molecule has 0 aliphatic rings. The number of hydrogen-bond donors (Lipinski definition) is 0. The van der Waals surface area contributed by atoms with Crippen LogP contribution in [-0.2, 0) is 0 Å². The van der Waals surface area contributed by atoms with Crippen LogP contribution in [0.25, 0.3) is 0 Å². The number of hydrogen-bond acceptors (Lipinski definition) is 9. The molecule has 0 N–H and O–H groups in total. The summed E-state index contributed by atoms with van der Waals surface area (Å²) in [7, 11) is 0. The number of carbonyl (C=O) groups is 2. The van der Waals surface area contributed by atoms with Crippen LogP contribution in [0.2, 0.25) is 0 Å². The normalized spacial score (nSPS) is 11.3. The maximum atomic E-state index is 13.1.